The standard InChI is InChI=1S/C22H14N2O5S/c25-21(23-18-12-11-16(24(27)28)14-20(18)30-22(23)26)13-10-15-6-4-5-9-19(15)29-17-7-2-1-3-8-17/h1-14H/b13-10+. The highest BCUT2D eigenvalue weighted by atomic mass is 32.1. The van der Waals surface area contributed by atoms with E-state index in [0.717, 1.165) is 15.9 Å². The van der Waals surface area contributed by atoms with Gasteiger partial charge in [-0.25, -0.2) is 4.57 Å². The minimum Gasteiger partial charge on any atom is -0.457 e. The van der Waals surface area contributed by atoms with Crippen LogP contribution in [-0.4, -0.2) is 15.4 Å². The van der Waals surface area contributed by atoms with Gasteiger partial charge in [0.2, 0.25) is 0 Å². The summed E-state index contributed by atoms with van der Waals surface area (Å²) in [4.78, 5) is 34.9. The van der Waals surface area contributed by atoms with Crippen molar-refractivity contribution in [2.24, 2.45) is 0 Å². The molecular weight excluding hydrogens is 404 g/mol. The highest BCUT2D eigenvalue weighted by molar-refractivity contribution is 7.16. The van der Waals surface area contributed by atoms with E-state index in [1.807, 2.05) is 42.5 Å². The van der Waals surface area contributed by atoms with Gasteiger partial charge in [-0.05, 0) is 30.3 Å². The number of hydrogen-bond donors (Lipinski definition) is 0. The smallest absolute Gasteiger partial charge is 0.315 e. The molecule has 148 valence electrons. The Hall–Kier alpha value is -4.04. The number of thiazole rings is 1. The zero-order valence-electron chi connectivity index (χ0n) is 15.4. The lowest BCUT2D eigenvalue weighted by Crippen LogP contribution is -2.19. The van der Waals surface area contributed by atoms with Gasteiger partial charge in [-0.15, -0.1) is 0 Å². The molecule has 0 saturated carbocycles. The number of aromatic nitrogens is 1. The molecule has 0 amide bonds. The van der Waals surface area contributed by atoms with Crippen LogP contribution in [0.5, 0.6) is 11.5 Å². The highest BCUT2D eigenvalue weighted by Gasteiger charge is 2.16. The van der Waals surface area contributed by atoms with Crippen LogP contribution in [0.2, 0.25) is 0 Å². The molecule has 7 nitrogen and oxygen atoms in total. The molecule has 0 atom stereocenters. The molecule has 0 spiro atoms. The lowest BCUT2D eigenvalue weighted by Gasteiger charge is -2.08. The third-order valence-corrected chi connectivity index (χ3v) is 5.19. The topological polar surface area (TPSA) is 91.4 Å². The van der Waals surface area contributed by atoms with E-state index in [-0.39, 0.29) is 5.69 Å². The van der Waals surface area contributed by atoms with Gasteiger partial charge in [-0.2, -0.15) is 0 Å². The number of benzene rings is 3. The first kappa shape index (κ1) is 19.3. The fourth-order valence-corrected chi connectivity index (χ4v) is 3.80. The summed E-state index contributed by atoms with van der Waals surface area (Å²) in [7, 11) is 0. The fourth-order valence-electron chi connectivity index (χ4n) is 2.89. The van der Waals surface area contributed by atoms with Crippen molar-refractivity contribution >= 4 is 39.2 Å². The summed E-state index contributed by atoms with van der Waals surface area (Å²) in [5.41, 5.74) is 0.864. The van der Waals surface area contributed by atoms with Crippen molar-refractivity contribution < 1.29 is 14.5 Å². The van der Waals surface area contributed by atoms with Crippen molar-refractivity contribution in [3.05, 3.63) is 104 Å². The quantitative estimate of drug-likeness (QED) is 0.255. The molecule has 30 heavy (non-hydrogen) atoms. The molecule has 1 aromatic heterocycles. The predicted octanol–water partition coefficient (Wildman–Crippen LogP) is 5.12. The number of para-hydroxylation sites is 2. The van der Waals surface area contributed by atoms with Crippen LogP contribution in [0.25, 0.3) is 16.3 Å². The third-order valence-electron chi connectivity index (χ3n) is 4.29. The summed E-state index contributed by atoms with van der Waals surface area (Å²) in [5.74, 6) is 0.673. The molecule has 0 bridgehead atoms. The van der Waals surface area contributed by atoms with E-state index in [9.17, 15) is 19.7 Å². The minimum absolute atomic E-state index is 0.133. The Morgan fingerprint density at radius 1 is 1.03 bits per heavy atom. The molecule has 0 aliphatic rings. The van der Waals surface area contributed by atoms with Crippen molar-refractivity contribution in [2.75, 3.05) is 0 Å². The van der Waals surface area contributed by atoms with Crippen molar-refractivity contribution in [3.8, 4) is 11.5 Å². The van der Waals surface area contributed by atoms with Crippen LogP contribution in [0.15, 0.2) is 83.7 Å². The molecule has 0 fully saturated rings. The monoisotopic (exact) mass is 418 g/mol. The van der Waals surface area contributed by atoms with E-state index in [0.29, 0.717) is 27.3 Å². The van der Waals surface area contributed by atoms with E-state index in [4.69, 9.17) is 4.74 Å². The van der Waals surface area contributed by atoms with Crippen LogP contribution >= 0.6 is 11.3 Å². The molecule has 1 heterocycles. The second-order valence-electron chi connectivity index (χ2n) is 6.24. The van der Waals surface area contributed by atoms with Gasteiger partial charge in [0.25, 0.3) is 11.6 Å². The average Bonchev–Trinajstić information content (AvgIpc) is 3.08. The van der Waals surface area contributed by atoms with E-state index >= 15 is 0 Å². The predicted molar refractivity (Wildman–Crippen MR) is 115 cm³/mol. The zero-order valence-corrected chi connectivity index (χ0v) is 16.2. The van der Waals surface area contributed by atoms with Gasteiger partial charge < -0.3 is 4.74 Å². The number of nitro groups is 1. The largest absolute Gasteiger partial charge is 0.457 e. The molecule has 0 N–H and O–H groups in total. The summed E-state index contributed by atoms with van der Waals surface area (Å²) in [6, 6.07) is 20.4. The number of nitro benzene ring substituents is 1. The first-order chi connectivity index (χ1) is 14.5. The zero-order chi connectivity index (χ0) is 21.1. The second kappa shape index (κ2) is 8.14. The Morgan fingerprint density at radius 3 is 2.53 bits per heavy atom. The van der Waals surface area contributed by atoms with Gasteiger partial charge >= 0.3 is 4.87 Å². The Kier molecular flexibility index (Phi) is 5.23. The van der Waals surface area contributed by atoms with Gasteiger partial charge in [-0.3, -0.25) is 19.7 Å². The maximum Gasteiger partial charge on any atom is 0.315 e. The average molecular weight is 418 g/mol. The second-order valence-corrected chi connectivity index (χ2v) is 7.23. The molecular formula is C22H14N2O5S. The van der Waals surface area contributed by atoms with E-state index in [1.165, 1.54) is 24.3 Å². The first-order valence-electron chi connectivity index (χ1n) is 8.87. The SMILES string of the molecule is O=C(/C=C/c1ccccc1Oc1ccccc1)n1c(=O)sc2cc([N+](=O)[O-])ccc21. The molecule has 4 rings (SSSR count). The molecule has 4 aromatic rings. The van der Waals surface area contributed by atoms with Crippen LogP contribution < -0.4 is 9.61 Å². The van der Waals surface area contributed by atoms with E-state index < -0.39 is 15.7 Å². The number of carbonyl (C=O) groups excluding carboxylic acids is 1. The van der Waals surface area contributed by atoms with Crippen molar-refractivity contribution in [3.63, 3.8) is 0 Å². The molecule has 8 heteroatoms. The van der Waals surface area contributed by atoms with Crippen LogP contribution in [0, 0.1) is 10.1 Å². The van der Waals surface area contributed by atoms with E-state index in [2.05, 4.69) is 0 Å². The van der Waals surface area contributed by atoms with Crippen LogP contribution in [0.1, 0.15) is 10.4 Å². The number of allylic oxidation sites excluding steroid dienone is 1. The van der Waals surface area contributed by atoms with Gasteiger partial charge in [0.1, 0.15) is 11.5 Å². The normalized spacial score (nSPS) is 11.1. The minimum atomic E-state index is -0.547. The number of nitrogens with zero attached hydrogens (tertiary/aromatic N) is 2. The van der Waals surface area contributed by atoms with Crippen LogP contribution in [0.3, 0.4) is 0 Å². The maximum atomic E-state index is 12.7. The molecule has 3 aromatic carbocycles. The van der Waals surface area contributed by atoms with Crippen molar-refractivity contribution in [2.45, 2.75) is 0 Å². The molecule has 0 saturated heterocycles. The van der Waals surface area contributed by atoms with Gasteiger partial charge in [-0.1, -0.05) is 47.7 Å². The van der Waals surface area contributed by atoms with Gasteiger partial charge in [0.05, 0.1) is 15.1 Å². The Labute approximate surface area is 174 Å². The molecule has 0 aliphatic carbocycles. The number of fused-ring (bicyclic) bond motifs is 1. The molecule has 0 aliphatic heterocycles. The van der Waals surface area contributed by atoms with Crippen LogP contribution in [-0.2, 0) is 0 Å². The Balaban J connectivity index is 1.64. The maximum absolute atomic E-state index is 12.7. The van der Waals surface area contributed by atoms with Crippen molar-refractivity contribution in [1.29, 1.82) is 0 Å². The summed E-state index contributed by atoms with van der Waals surface area (Å²) < 4.78 is 7.25. The number of ether oxygens (including phenoxy) is 1. The molecule has 0 radical (unpaired) electrons. The lowest BCUT2D eigenvalue weighted by molar-refractivity contribution is -0.384. The molecule has 0 unspecified atom stereocenters. The summed E-state index contributed by atoms with van der Waals surface area (Å²) >= 11 is 0.789. The Bertz CT molecular complexity index is 1340. The summed E-state index contributed by atoms with van der Waals surface area (Å²) in [6.45, 7) is 0. The third kappa shape index (κ3) is 3.89. The summed E-state index contributed by atoms with van der Waals surface area (Å²) in [5, 5.41) is 10.9. The van der Waals surface area contributed by atoms with Crippen molar-refractivity contribution in [1.82, 2.24) is 4.57 Å². The number of rotatable bonds is 5. The summed E-state index contributed by atoms with van der Waals surface area (Å²) in [6.07, 6.45) is 2.85. The number of hydrogen-bond acceptors (Lipinski definition) is 6. The Morgan fingerprint density at radius 2 is 1.77 bits per heavy atom. The number of carbonyl (C=O) groups is 1. The lowest BCUT2D eigenvalue weighted by atomic mass is 10.2. The van der Waals surface area contributed by atoms with E-state index in [1.54, 1.807) is 18.2 Å². The highest BCUT2D eigenvalue weighted by Crippen LogP contribution is 2.26. The van der Waals surface area contributed by atoms with Crippen LogP contribution in [0.4, 0.5) is 5.69 Å². The van der Waals surface area contributed by atoms with Gasteiger partial charge in [0.15, 0.2) is 0 Å². The number of non-ortho nitro benzene ring substituents is 1. The first-order valence-corrected chi connectivity index (χ1v) is 9.69. The van der Waals surface area contributed by atoms with Gasteiger partial charge in [0, 0.05) is 23.8 Å². The fraction of sp³-hybridized carbons (Fsp3) is 0.